The predicted octanol–water partition coefficient (Wildman–Crippen LogP) is 5.97. The highest BCUT2D eigenvalue weighted by Crippen LogP contribution is 2.22. The van der Waals surface area contributed by atoms with Crippen LogP contribution in [0, 0.1) is 0 Å². The molecule has 0 bridgehead atoms. The topological polar surface area (TPSA) is 18.5 Å². The van der Waals surface area contributed by atoms with Gasteiger partial charge in [-0.2, -0.15) is 0 Å². The number of hydrogen-bond acceptors (Lipinski definition) is 2. The fourth-order valence-corrected chi connectivity index (χ4v) is 2.09. The fraction of sp³-hybridized carbons (Fsp3) is 0.294. The average molecular weight is 325 g/mol. The molecule has 0 amide bonds. The van der Waals surface area contributed by atoms with Gasteiger partial charge in [0.2, 0.25) is 6.29 Å². The van der Waals surface area contributed by atoms with Crippen molar-refractivity contribution in [3.05, 3.63) is 58.6 Å². The summed E-state index contributed by atoms with van der Waals surface area (Å²) in [6, 6.07) is 14.6. The van der Waals surface area contributed by atoms with E-state index in [2.05, 4.69) is 6.92 Å². The van der Waals surface area contributed by atoms with Crippen molar-refractivity contribution in [1.29, 1.82) is 0 Å². The smallest absolute Gasteiger partial charge is 0.241 e. The van der Waals surface area contributed by atoms with Gasteiger partial charge in [-0.05, 0) is 55.0 Å². The Bertz CT molecular complexity index is 490. The van der Waals surface area contributed by atoms with Crippen LogP contribution in [0.4, 0.5) is 0 Å². The van der Waals surface area contributed by atoms with Crippen molar-refractivity contribution in [2.45, 2.75) is 32.5 Å². The summed E-state index contributed by atoms with van der Waals surface area (Å²) < 4.78 is 11.8. The highest BCUT2D eigenvalue weighted by Gasteiger charge is 2.12. The molecule has 2 rings (SSSR count). The van der Waals surface area contributed by atoms with Crippen molar-refractivity contribution in [1.82, 2.24) is 0 Å². The predicted molar refractivity (Wildman–Crippen MR) is 87.5 cm³/mol. The number of rotatable bonds is 7. The highest BCUT2D eigenvalue weighted by molar-refractivity contribution is 6.30. The number of ether oxygens (including phenoxy) is 2. The van der Waals surface area contributed by atoms with Crippen molar-refractivity contribution < 1.29 is 9.47 Å². The summed E-state index contributed by atoms with van der Waals surface area (Å²) in [5.74, 6) is 1.49. The summed E-state index contributed by atoms with van der Waals surface area (Å²) in [4.78, 5) is 0. The third-order valence-electron chi connectivity index (χ3n) is 2.96. The van der Waals surface area contributed by atoms with Gasteiger partial charge in [-0.15, -0.1) is 0 Å². The Morgan fingerprint density at radius 1 is 0.810 bits per heavy atom. The Kier molecular flexibility index (Phi) is 6.21. The van der Waals surface area contributed by atoms with E-state index in [1.165, 1.54) is 0 Å². The SMILES string of the molecule is CCCCC(Oc1ccc(Cl)cc1)Oc1ccc(Cl)cc1. The van der Waals surface area contributed by atoms with Crippen LogP contribution in [0.3, 0.4) is 0 Å². The zero-order valence-corrected chi connectivity index (χ0v) is 13.4. The van der Waals surface area contributed by atoms with E-state index >= 15 is 0 Å². The lowest BCUT2D eigenvalue weighted by molar-refractivity contribution is -0.00211. The molecule has 0 aliphatic rings. The van der Waals surface area contributed by atoms with E-state index in [4.69, 9.17) is 32.7 Å². The van der Waals surface area contributed by atoms with Gasteiger partial charge in [0.15, 0.2) is 0 Å². The van der Waals surface area contributed by atoms with Crippen LogP contribution in [0.2, 0.25) is 10.0 Å². The van der Waals surface area contributed by atoms with Gasteiger partial charge in [-0.1, -0.05) is 36.5 Å². The second-order valence-electron chi connectivity index (χ2n) is 4.72. The highest BCUT2D eigenvalue weighted by atomic mass is 35.5. The van der Waals surface area contributed by atoms with Gasteiger partial charge in [-0.25, -0.2) is 0 Å². The molecule has 0 unspecified atom stereocenters. The summed E-state index contributed by atoms with van der Waals surface area (Å²) in [5, 5.41) is 1.37. The Labute approximate surface area is 135 Å². The standard InChI is InChI=1S/C17H18Cl2O2/c1-2-3-4-17(20-15-9-5-13(18)6-10-15)21-16-11-7-14(19)8-12-16/h5-12,17H,2-4H2,1H3. The first-order chi connectivity index (χ1) is 10.2. The van der Waals surface area contributed by atoms with E-state index in [-0.39, 0.29) is 6.29 Å². The molecule has 0 N–H and O–H groups in total. The number of hydrogen-bond donors (Lipinski definition) is 0. The molecule has 0 radical (unpaired) electrons. The van der Waals surface area contributed by atoms with Crippen LogP contribution in [0.1, 0.15) is 26.2 Å². The lowest BCUT2D eigenvalue weighted by atomic mass is 10.2. The summed E-state index contributed by atoms with van der Waals surface area (Å²) >= 11 is 11.8. The third kappa shape index (κ3) is 5.49. The Morgan fingerprint density at radius 3 is 1.62 bits per heavy atom. The number of benzene rings is 2. The lowest BCUT2D eigenvalue weighted by Gasteiger charge is -2.20. The van der Waals surface area contributed by atoms with Crippen molar-refractivity contribution in [2.24, 2.45) is 0 Å². The maximum Gasteiger partial charge on any atom is 0.241 e. The first-order valence-electron chi connectivity index (χ1n) is 7.02. The van der Waals surface area contributed by atoms with E-state index in [1.54, 1.807) is 24.3 Å². The molecule has 0 spiro atoms. The first-order valence-corrected chi connectivity index (χ1v) is 7.77. The number of halogens is 2. The third-order valence-corrected chi connectivity index (χ3v) is 3.46. The molecule has 0 saturated carbocycles. The van der Waals surface area contributed by atoms with Crippen LogP contribution in [-0.2, 0) is 0 Å². The molecule has 0 saturated heterocycles. The molecule has 0 heterocycles. The monoisotopic (exact) mass is 324 g/mol. The fourth-order valence-electron chi connectivity index (χ4n) is 1.84. The normalized spacial score (nSPS) is 10.7. The van der Waals surface area contributed by atoms with E-state index < -0.39 is 0 Å². The summed E-state index contributed by atoms with van der Waals surface area (Å²) in [7, 11) is 0. The second kappa shape index (κ2) is 8.16. The van der Waals surface area contributed by atoms with Gasteiger partial charge in [0.25, 0.3) is 0 Å². The molecule has 0 aromatic heterocycles. The van der Waals surface area contributed by atoms with E-state index in [1.807, 2.05) is 24.3 Å². The molecular weight excluding hydrogens is 307 g/mol. The molecular formula is C17H18Cl2O2. The van der Waals surface area contributed by atoms with Crippen LogP contribution in [-0.4, -0.2) is 6.29 Å². The molecule has 0 aliphatic carbocycles. The van der Waals surface area contributed by atoms with Crippen LogP contribution in [0.15, 0.2) is 48.5 Å². The van der Waals surface area contributed by atoms with Crippen LogP contribution in [0.25, 0.3) is 0 Å². The van der Waals surface area contributed by atoms with Gasteiger partial charge in [0.05, 0.1) is 0 Å². The molecule has 2 nitrogen and oxygen atoms in total. The molecule has 0 aliphatic heterocycles. The van der Waals surface area contributed by atoms with Gasteiger partial charge >= 0.3 is 0 Å². The Hall–Kier alpha value is -1.38. The van der Waals surface area contributed by atoms with Gasteiger partial charge in [-0.3, -0.25) is 0 Å². The van der Waals surface area contributed by atoms with Gasteiger partial charge in [0, 0.05) is 16.5 Å². The van der Waals surface area contributed by atoms with Crippen molar-refractivity contribution in [3.8, 4) is 11.5 Å². The summed E-state index contributed by atoms with van der Waals surface area (Å²) in [6.45, 7) is 2.14. The molecule has 112 valence electrons. The molecule has 0 fully saturated rings. The minimum absolute atomic E-state index is 0.327. The zero-order valence-electron chi connectivity index (χ0n) is 11.9. The van der Waals surface area contributed by atoms with Crippen molar-refractivity contribution in [3.63, 3.8) is 0 Å². The van der Waals surface area contributed by atoms with E-state index in [9.17, 15) is 0 Å². The van der Waals surface area contributed by atoms with Crippen LogP contribution < -0.4 is 9.47 Å². The molecule has 2 aromatic rings. The maximum atomic E-state index is 5.89. The molecule has 2 aromatic carbocycles. The number of unbranched alkanes of at least 4 members (excludes halogenated alkanes) is 1. The first kappa shape index (κ1) is 16.0. The maximum absolute atomic E-state index is 5.89. The summed E-state index contributed by atoms with van der Waals surface area (Å²) in [5.41, 5.74) is 0. The summed E-state index contributed by atoms with van der Waals surface area (Å²) in [6.07, 6.45) is 2.62. The minimum atomic E-state index is -0.327. The van der Waals surface area contributed by atoms with Crippen molar-refractivity contribution in [2.75, 3.05) is 0 Å². The van der Waals surface area contributed by atoms with E-state index in [0.717, 1.165) is 30.8 Å². The quantitative estimate of drug-likeness (QED) is 0.584. The zero-order chi connectivity index (χ0) is 15.1. The van der Waals surface area contributed by atoms with Gasteiger partial charge < -0.3 is 9.47 Å². The van der Waals surface area contributed by atoms with Crippen LogP contribution in [0.5, 0.6) is 11.5 Å². The lowest BCUT2D eigenvalue weighted by Crippen LogP contribution is -2.23. The average Bonchev–Trinajstić information content (AvgIpc) is 2.49. The van der Waals surface area contributed by atoms with E-state index in [0.29, 0.717) is 10.0 Å². The Balaban J connectivity index is 2.02. The molecule has 0 atom stereocenters. The minimum Gasteiger partial charge on any atom is -0.455 e. The molecule has 21 heavy (non-hydrogen) atoms. The molecule has 4 heteroatoms. The van der Waals surface area contributed by atoms with Crippen LogP contribution >= 0.6 is 23.2 Å². The Morgan fingerprint density at radius 2 is 1.24 bits per heavy atom. The second-order valence-corrected chi connectivity index (χ2v) is 5.59. The largest absolute Gasteiger partial charge is 0.455 e. The van der Waals surface area contributed by atoms with Crippen molar-refractivity contribution >= 4 is 23.2 Å². The van der Waals surface area contributed by atoms with Gasteiger partial charge in [0.1, 0.15) is 11.5 Å².